The monoisotopic (exact) mass is 564 g/mol. The zero-order valence-electron chi connectivity index (χ0n) is 23.2. The summed E-state index contributed by atoms with van der Waals surface area (Å²) in [6, 6.07) is 27.3. The van der Waals surface area contributed by atoms with Crippen LogP contribution >= 0.6 is 0 Å². The van der Waals surface area contributed by atoms with Crippen molar-refractivity contribution in [3.63, 3.8) is 0 Å². The number of esters is 1. The lowest BCUT2D eigenvalue weighted by Crippen LogP contribution is -2.21. The topological polar surface area (TPSA) is 104 Å². The average Bonchev–Trinajstić information content (AvgIpc) is 2.99. The van der Waals surface area contributed by atoms with Crippen molar-refractivity contribution in [3.8, 4) is 29.1 Å². The molecule has 5 rings (SSSR count). The lowest BCUT2D eigenvalue weighted by molar-refractivity contribution is 0.0734. The number of nitrogens with zero attached hydrogens (tertiary/aromatic N) is 1. The summed E-state index contributed by atoms with van der Waals surface area (Å²) in [5.74, 6) is 0.996. The molecule has 0 aromatic heterocycles. The number of carbonyl (C=O) groups is 1. The van der Waals surface area contributed by atoms with E-state index in [4.69, 9.17) is 24.7 Å². The largest absolute Gasteiger partial charge is 0.493 e. The molecule has 1 aliphatic heterocycles. The van der Waals surface area contributed by atoms with Gasteiger partial charge in [0, 0.05) is 11.6 Å². The van der Waals surface area contributed by atoms with E-state index in [9.17, 15) is 14.4 Å². The molecule has 1 aliphatic rings. The van der Waals surface area contributed by atoms with Crippen LogP contribution in [0.2, 0.25) is 0 Å². The van der Waals surface area contributed by atoms with Gasteiger partial charge in [-0.3, -0.25) is 0 Å². The van der Waals surface area contributed by atoms with Crippen LogP contribution in [0.4, 0.5) is 4.39 Å². The highest BCUT2D eigenvalue weighted by Crippen LogP contribution is 2.43. The molecule has 0 fully saturated rings. The van der Waals surface area contributed by atoms with Crippen molar-refractivity contribution in [3.05, 3.63) is 131 Å². The van der Waals surface area contributed by atoms with E-state index in [1.807, 2.05) is 12.1 Å². The van der Waals surface area contributed by atoms with Gasteiger partial charge < -0.3 is 24.7 Å². The molecule has 0 saturated heterocycles. The van der Waals surface area contributed by atoms with E-state index in [0.717, 1.165) is 11.1 Å². The summed E-state index contributed by atoms with van der Waals surface area (Å²) in [5.41, 5.74) is 9.13. The van der Waals surface area contributed by atoms with Gasteiger partial charge in [0.1, 0.15) is 47.1 Å². The summed E-state index contributed by atoms with van der Waals surface area (Å²) >= 11 is 0. The number of allylic oxidation sites excluding steroid dienone is 1. The zero-order chi connectivity index (χ0) is 29.6. The van der Waals surface area contributed by atoms with E-state index in [0.29, 0.717) is 40.9 Å². The fourth-order valence-electron chi connectivity index (χ4n) is 4.46. The molecule has 0 amide bonds. The Morgan fingerprint density at radius 2 is 1.57 bits per heavy atom. The van der Waals surface area contributed by atoms with Gasteiger partial charge >= 0.3 is 5.97 Å². The molecule has 7 nitrogen and oxygen atoms in total. The smallest absolute Gasteiger partial charge is 0.343 e. The van der Waals surface area contributed by atoms with Crippen LogP contribution in [0.5, 0.6) is 23.0 Å². The normalized spacial score (nSPS) is 14.0. The Kier molecular flexibility index (Phi) is 8.39. The van der Waals surface area contributed by atoms with Gasteiger partial charge in [-0.15, -0.1) is 0 Å². The molecule has 212 valence electrons. The van der Waals surface area contributed by atoms with Crippen molar-refractivity contribution >= 4 is 5.97 Å². The minimum absolute atomic E-state index is 0.0212. The molecule has 0 saturated carbocycles. The number of benzene rings is 4. The number of ether oxygens (including phenoxy) is 4. The Labute approximate surface area is 243 Å². The Morgan fingerprint density at radius 3 is 2.24 bits per heavy atom. The summed E-state index contributed by atoms with van der Waals surface area (Å²) < 4.78 is 36.0. The molecular formula is C34H29FN2O5. The first-order valence-electron chi connectivity index (χ1n) is 13.4. The second-order valence-electron chi connectivity index (χ2n) is 10.2. The maximum absolute atomic E-state index is 13.2. The third kappa shape index (κ3) is 6.53. The quantitative estimate of drug-likeness (QED) is 0.175. The molecule has 42 heavy (non-hydrogen) atoms. The molecule has 1 heterocycles. The minimum atomic E-state index is -0.532. The summed E-state index contributed by atoms with van der Waals surface area (Å²) in [6.07, 6.45) is 0. The number of carbonyl (C=O) groups excluding carboxylic acids is 1. The first kappa shape index (κ1) is 28.2. The Balaban J connectivity index is 1.31. The third-order valence-electron chi connectivity index (χ3n) is 6.61. The van der Waals surface area contributed by atoms with Gasteiger partial charge in [0.25, 0.3) is 0 Å². The highest BCUT2D eigenvalue weighted by atomic mass is 19.1. The Morgan fingerprint density at radius 1 is 0.929 bits per heavy atom. The van der Waals surface area contributed by atoms with E-state index in [-0.39, 0.29) is 29.6 Å². The fourth-order valence-corrected chi connectivity index (χ4v) is 4.46. The zero-order valence-corrected chi connectivity index (χ0v) is 23.2. The second kappa shape index (κ2) is 12.5. The molecule has 0 spiro atoms. The van der Waals surface area contributed by atoms with Gasteiger partial charge in [-0.1, -0.05) is 44.2 Å². The summed E-state index contributed by atoms with van der Waals surface area (Å²) in [4.78, 5) is 12.8. The number of hydrogen-bond acceptors (Lipinski definition) is 7. The molecule has 0 bridgehead atoms. The lowest BCUT2D eigenvalue weighted by Gasteiger charge is -2.26. The van der Waals surface area contributed by atoms with E-state index in [1.165, 1.54) is 12.1 Å². The van der Waals surface area contributed by atoms with Crippen LogP contribution in [0.25, 0.3) is 0 Å². The first-order chi connectivity index (χ1) is 20.3. The predicted molar refractivity (Wildman–Crippen MR) is 155 cm³/mol. The molecule has 1 unspecified atom stereocenters. The number of nitriles is 1. The third-order valence-corrected chi connectivity index (χ3v) is 6.61. The van der Waals surface area contributed by atoms with Gasteiger partial charge in [-0.05, 0) is 71.6 Å². The van der Waals surface area contributed by atoms with Gasteiger partial charge in [-0.25, -0.2) is 9.18 Å². The Hall–Kier alpha value is -5.29. The summed E-state index contributed by atoms with van der Waals surface area (Å²) in [7, 11) is 0. The van der Waals surface area contributed by atoms with Crippen molar-refractivity contribution < 1.29 is 28.1 Å². The number of halogens is 1. The molecule has 4 aromatic carbocycles. The van der Waals surface area contributed by atoms with Crippen LogP contribution < -0.4 is 24.7 Å². The molecule has 1 atom stereocenters. The lowest BCUT2D eigenvalue weighted by atomic mass is 9.83. The molecule has 2 N–H and O–H groups in total. The molecular weight excluding hydrogens is 535 g/mol. The second-order valence-corrected chi connectivity index (χ2v) is 10.2. The standard InChI is InChI=1S/C34H29FN2O5/c1-21(2)19-39-26-13-7-24(8-14-26)34(38)41-28-15-16-29-31(17-28)42-33(37)30(18-36)32(29)23-5-11-27(12-6-23)40-20-22-3-9-25(35)10-4-22/h3-17,21,32H,19-20,37H2,1-2H3. The van der Waals surface area contributed by atoms with Crippen molar-refractivity contribution in [2.24, 2.45) is 11.7 Å². The summed E-state index contributed by atoms with van der Waals surface area (Å²) in [6.45, 7) is 4.99. The SMILES string of the molecule is CC(C)COc1ccc(C(=O)Oc2ccc3c(c2)OC(N)=C(C#N)C3c2ccc(OCc3ccc(F)cc3)cc2)cc1. The van der Waals surface area contributed by atoms with Crippen LogP contribution in [-0.4, -0.2) is 12.6 Å². The van der Waals surface area contributed by atoms with Crippen LogP contribution in [0.15, 0.2) is 102 Å². The minimum Gasteiger partial charge on any atom is -0.493 e. The van der Waals surface area contributed by atoms with E-state index in [2.05, 4.69) is 19.9 Å². The maximum atomic E-state index is 13.2. The highest BCUT2D eigenvalue weighted by Gasteiger charge is 2.31. The van der Waals surface area contributed by atoms with Gasteiger partial charge in [0.05, 0.1) is 18.1 Å². The van der Waals surface area contributed by atoms with Gasteiger partial charge in [0.15, 0.2) is 0 Å². The van der Waals surface area contributed by atoms with Gasteiger partial charge in [-0.2, -0.15) is 5.26 Å². The summed E-state index contributed by atoms with van der Waals surface area (Å²) in [5, 5.41) is 9.89. The number of fused-ring (bicyclic) bond motifs is 1. The maximum Gasteiger partial charge on any atom is 0.343 e. The first-order valence-corrected chi connectivity index (χ1v) is 13.4. The van der Waals surface area contributed by atoms with Gasteiger partial charge in [0.2, 0.25) is 5.88 Å². The molecule has 8 heteroatoms. The van der Waals surface area contributed by atoms with E-state index < -0.39 is 11.9 Å². The number of hydrogen-bond donors (Lipinski definition) is 1. The van der Waals surface area contributed by atoms with Crippen molar-refractivity contribution in [2.45, 2.75) is 26.4 Å². The number of rotatable bonds is 9. The molecule has 4 aromatic rings. The van der Waals surface area contributed by atoms with E-state index in [1.54, 1.807) is 66.7 Å². The van der Waals surface area contributed by atoms with Crippen molar-refractivity contribution in [1.82, 2.24) is 0 Å². The van der Waals surface area contributed by atoms with Crippen LogP contribution in [0.3, 0.4) is 0 Å². The number of nitrogens with two attached hydrogens (primary N) is 1. The fraction of sp³-hybridized carbons (Fsp3) is 0.176. The van der Waals surface area contributed by atoms with Crippen molar-refractivity contribution in [2.75, 3.05) is 6.61 Å². The van der Waals surface area contributed by atoms with E-state index >= 15 is 0 Å². The highest BCUT2D eigenvalue weighted by molar-refractivity contribution is 5.91. The van der Waals surface area contributed by atoms with Crippen LogP contribution in [0, 0.1) is 23.1 Å². The predicted octanol–water partition coefficient (Wildman–Crippen LogP) is 6.88. The van der Waals surface area contributed by atoms with Crippen LogP contribution in [-0.2, 0) is 6.61 Å². The molecule has 0 aliphatic carbocycles. The van der Waals surface area contributed by atoms with Crippen LogP contribution in [0.1, 0.15) is 46.8 Å². The average molecular weight is 565 g/mol. The Bertz CT molecular complexity index is 1640. The van der Waals surface area contributed by atoms with Crippen molar-refractivity contribution in [1.29, 1.82) is 5.26 Å². The molecule has 0 radical (unpaired) electrons.